The molecular formula is C12H21N3O2. The van der Waals surface area contributed by atoms with Crippen LogP contribution in [-0.4, -0.2) is 26.1 Å². The summed E-state index contributed by atoms with van der Waals surface area (Å²) in [7, 11) is 0. The number of nitrogens with zero attached hydrogens (tertiary/aromatic N) is 3. The molecule has 96 valence electrons. The van der Waals surface area contributed by atoms with Crippen molar-refractivity contribution < 1.29 is 9.90 Å². The Bertz CT molecular complexity index is 299. The van der Waals surface area contributed by atoms with Crippen LogP contribution in [0.25, 0.3) is 0 Å². The molecule has 5 nitrogen and oxygen atoms in total. The smallest absolute Gasteiger partial charge is 0.303 e. The second kappa shape index (κ2) is 8.73. The number of aliphatic carboxylic acids is 1. The highest BCUT2D eigenvalue weighted by atomic mass is 16.4. The largest absolute Gasteiger partial charge is 0.481 e. The second-order valence-electron chi connectivity index (χ2n) is 4.28. The van der Waals surface area contributed by atoms with E-state index in [2.05, 4.69) is 10.3 Å². The number of aromatic nitrogens is 3. The number of hydrogen-bond acceptors (Lipinski definition) is 3. The van der Waals surface area contributed by atoms with E-state index in [-0.39, 0.29) is 0 Å². The van der Waals surface area contributed by atoms with Gasteiger partial charge in [0.1, 0.15) is 0 Å². The van der Waals surface area contributed by atoms with E-state index in [4.69, 9.17) is 5.11 Å². The van der Waals surface area contributed by atoms with E-state index in [9.17, 15) is 4.79 Å². The first kappa shape index (κ1) is 13.7. The van der Waals surface area contributed by atoms with E-state index in [0.29, 0.717) is 6.42 Å². The molecule has 1 heterocycles. The van der Waals surface area contributed by atoms with Gasteiger partial charge >= 0.3 is 5.97 Å². The second-order valence-corrected chi connectivity index (χ2v) is 4.28. The van der Waals surface area contributed by atoms with Gasteiger partial charge in [0, 0.05) is 19.2 Å². The van der Waals surface area contributed by atoms with Crippen molar-refractivity contribution in [2.24, 2.45) is 0 Å². The highest BCUT2D eigenvalue weighted by Crippen LogP contribution is 2.08. The number of aryl methyl sites for hydroxylation is 1. The van der Waals surface area contributed by atoms with Gasteiger partial charge in [0.25, 0.3) is 0 Å². The quantitative estimate of drug-likeness (QED) is 0.637. The van der Waals surface area contributed by atoms with Crippen molar-refractivity contribution in [3.05, 3.63) is 12.4 Å². The fourth-order valence-electron chi connectivity index (χ4n) is 1.79. The van der Waals surface area contributed by atoms with Crippen LogP contribution in [0.1, 0.15) is 51.4 Å². The van der Waals surface area contributed by atoms with Crippen LogP contribution in [0.5, 0.6) is 0 Å². The summed E-state index contributed by atoms with van der Waals surface area (Å²) in [4.78, 5) is 10.3. The van der Waals surface area contributed by atoms with Gasteiger partial charge in [0.2, 0.25) is 0 Å². The lowest BCUT2D eigenvalue weighted by Crippen LogP contribution is -1.98. The predicted molar refractivity (Wildman–Crippen MR) is 64.6 cm³/mol. The molecule has 0 aliphatic rings. The Morgan fingerprint density at radius 3 is 2.29 bits per heavy atom. The third-order valence-electron chi connectivity index (χ3n) is 2.75. The van der Waals surface area contributed by atoms with Crippen LogP contribution < -0.4 is 0 Å². The maximum atomic E-state index is 10.3. The van der Waals surface area contributed by atoms with Crippen molar-refractivity contribution in [1.82, 2.24) is 15.0 Å². The summed E-state index contributed by atoms with van der Waals surface area (Å²) in [6.45, 7) is 0.943. The third kappa shape index (κ3) is 7.49. The fourth-order valence-corrected chi connectivity index (χ4v) is 1.79. The molecule has 1 aromatic heterocycles. The average Bonchev–Trinajstić information content (AvgIpc) is 2.79. The van der Waals surface area contributed by atoms with Crippen molar-refractivity contribution in [3.63, 3.8) is 0 Å². The molecule has 0 aromatic carbocycles. The van der Waals surface area contributed by atoms with E-state index < -0.39 is 5.97 Å². The molecule has 0 saturated carbocycles. The monoisotopic (exact) mass is 239 g/mol. The lowest BCUT2D eigenvalue weighted by atomic mass is 10.1. The van der Waals surface area contributed by atoms with E-state index >= 15 is 0 Å². The van der Waals surface area contributed by atoms with Crippen LogP contribution in [0, 0.1) is 0 Å². The molecule has 0 aliphatic heterocycles. The van der Waals surface area contributed by atoms with Crippen LogP contribution in [-0.2, 0) is 11.3 Å². The topological polar surface area (TPSA) is 68.0 Å². The van der Waals surface area contributed by atoms with Crippen LogP contribution in [0.3, 0.4) is 0 Å². The van der Waals surface area contributed by atoms with Crippen molar-refractivity contribution >= 4 is 5.97 Å². The van der Waals surface area contributed by atoms with Gasteiger partial charge in [-0.2, -0.15) is 0 Å². The molecule has 5 heteroatoms. The number of carbonyl (C=O) groups is 1. The van der Waals surface area contributed by atoms with Gasteiger partial charge < -0.3 is 5.11 Å². The molecule has 0 radical (unpaired) electrons. The SMILES string of the molecule is O=C(O)CCCCCCCCCn1ccnn1. The van der Waals surface area contributed by atoms with Crippen molar-refractivity contribution in [3.8, 4) is 0 Å². The zero-order chi connectivity index (χ0) is 12.3. The molecule has 0 spiro atoms. The Labute approximate surface area is 102 Å². The molecule has 0 fully saturated rings. The Balaban J connectivity index is 1.80. The minimum Gasteiger partial charge on any atom is -0.481 e. The Hall–Kier alpha value is -1.39. The normalized spacial score (nSPS) is 10.6. The first-order chi connectivity index (χ1) is 8.29. The number of carboxylic acids is 1. The molecule has 1 rings (SSSR count). The molecule has 0 bridgehead atoms. The zero-order valence-corrected chi connectivity index (χ0v) is 10.2. The minimum atomic E-state index is -0.683. The van der Waals surface area contributed by atoms with Gasteiger partial charge in [0.15, 0.2) is 0 Å². The van der Waals surface area contributed by atoms with Gasteiger partial charge in [-0.05, 0) is 12.8 Å². The standard InChI is InChI=1S/C12H21N3O2/c16-12(17)8-6-4-2-1-3-5-7-10-15-11-9-13-14-15/h9,11H,1-8,10H2,(H,16,17). The number of hydrogen-bond donors (Lipinski definition) is 1. The molecule has 17 heavy (non-hydrogen) atoms. The first-order valence-electron chi connectivity index (χ1n) is 6.35. The minimum absolute atomic E-state index is 0.312. The molecular weight excluding hydrogens is 218 g/mol. The predicted octanol–water partition coefficient (Wildman–Crippen LogP) is 2.48. The number of carboxylic acid groups (broad SMARTS) is 1. The Kier molecular flexibility index (Phi) is 7.02. The van der Waals surface area contributed by atoms with Crippen molar-refractivity contribution in [2.45, 2.75) is 57.9 Å². The van der Waals surface area contributed by atoms with Gasteiger partial charge in [-0.3, -0.25) is 9.48 Å². The van der Waals surface area contributed by atoms with E-state index in [1.807, 2.05) is 10.9 Å². The van der Waals surface area contributed by atoms with Gasteiger partial charge in [-0.25, -0.2) is 0 Å². The first-order valence-corrected chi connectivity index (χ1v) is 6.35. The molecule has 0 aliphatic carbocycles. The van der Waals surface area contributed by atoms with Crippen molar-refractivity contribution in [1.29, 1.82) is 0 Å². The molecule has 0 atom stereocenters. The summed E-state index contributed by atoms with van der Waals surface area (Å²) in [6.07, 6.45) is 11.7. The van der Waals surface area contributed by atoms with Gasteiger partial charge in [-0.15, -0.1) is 5.10 Å². The summed E-state index contributed by atoms with van der Waals surface area (Å²) in [5.74, 6) is -0.683. The highest BCUT2D eigenvalue weighted by molar-refractivity contribution is 5.66. The summed E-state index contributed by atoms with van der Waals surface area (Å²) in [5.41, 5.74) is 0. The van der Waals surface area contributed by atoms with Gasteiger partial charge in [0.05, 0.1) is 6.20 Å². The van der Waals surface area contributed by atoms with Crippen molar-refractivity contribution in [2.75, 3.05) is 0 Å². The number of unbranched alkanes of at least 4 members (excludes halogenated alkanes) is 6. The summed E-state index contributed by atoms with van der Waals surface area (Å²) in [6, 6.07) is 0. The van der Waals surface area contributed by atoms with Gasteiger partial charge in [-0.1, -0.05) is 37.3 Å². The van der Waals surface area contributed by atoms with E-state index in [0.717, 1.165) is 32.2 Å². The van der Waals surface area contributed by atoms with Crippen LogP contribution in [0.4, 0.5) is 0 Å². The summed E-state index contributed by atoms with van der Waals surface area (Å²) < 4.78 is 1.85. The lowest BCUT2D eigenvalue weighted by Gasteiger charge is -2.01. The van der Waals surface area contributed by atoms with Crippen LogP contribution in [0.2, 0.25) is 0 Å². The van der Waals surface area contributed by atoms with Crippen LogP contribution >= 0.6 is 0 Å². The lowest BCUT2D eigenvalue weighted by molar-refractivity contribution is -0.137. The fraction of sp³-hybridized carbons (Fsp3) is 0.750. The summed E-state index contributed by atoms with van der Waals surface area (Å²) >= 11 is 0. The molecule has 1 aromatic rings. The molecule has 0 saturated heterocycles. The molecule has 0 amide bonds. The summed E-state index contributed by atoms with van der Waals surface area (Å²) in [5, 5.41) is 16.1. The Morgan fingerprint density at radius 1 is 1.06 bits per heavy atom. The zero-order valence-electron chi connectivity index (χ0n) is 10.2. The van der Waals surface area contributed by atoms with Crippen LogP contribution in [0.15, 0.2) is 12.4 Å². The maximum absolute atomic E-state index is 10.3. The van der Waals surface area contributed by atoms with E-state index in [1.54, 1.807) is 6.20 Å². The number of rotatable bonds is 10. The maximum Gasteiger partial charge on any atom is 0.303 e. The Morgan fingerprint density at radius 2 is 1.71 bits per heavy atom. The van der Waals surface area contributed by atoms with E-state index in [1.165, 1.54) is 19.3 Å². The third-order valence-corrected chi connectivity index (χ3v) is 2.75. The average molecular weight is 239 g/mol. The molecule has 1 N–H and O–H groups in total. The highest BCUT2D eigenvalue weighted by Gasteiger charge is 1.97. The molecule has 0 unspecified atom stereocenters.